The summed E-state index contributed by atoms with van der Waals surface area (Å²) in [5, 5.41) is 0.219. The van der Waals surface area contributed by atoms with Gasteiger partial charge in [-0.25, -0.2) is 4.39 Å². The first-order chi connectivity index (χ1) is 8.56. The van der Waals surface area contributed by atoms with E-state index in [1.54, 1.807) is 13.0 Å². The van der Waals surface area contributed by atoms with E-state index in [1.165, 1.54) is 25.3 Å². The number of rotatable bonds is 7. The van der Waals surface area contributed by atoms with E-state index in [0.29, 0.717) is 17.5 Å². The van der Waals surface area contributed by atoms with Crippen LogP contribution >= 0.6 is 11.6 Å². The maximum atomic E-state index is 13.2. The molecule has 3 heteroatoms. The highest BCUT2D eigenvalue weighted by Crippen LogP contribution is 2.22. The van der Waals surface area contributed by atoms with Crippen LogP contribution in [0.1, 0.15) is 61.4 Å². The molecule has 0 spiro atoms. The number of Topliss-reactive ketones (excluding diaryl/α,β-unsaturated/α-hetero) is 1. The molecule has 100 valence electrons. The highest BCUT2D eigenvalue weighted by molar-refractivity contribution is 6.34. The second kappa shape index (κ2) is 7.52. The Morgan fingerprint density at radius 1 is 1.22 bits per heavy atom. The minimum Gasteiger partial charge on any atom is -0.294 e. The van der Waals surface area contributed by atoms with Gasteiger partial charge in [-0.15, -0.1) is 0 Å². The summed E-state index contributed by atoms with van der Waals surface area (Å²) in [5.74, 6) is -0.348. The van der Waals surface area contributed by atoms with Crippen molar-refractivity contribution in [3.63, 3.8) is 0 Å². The zero-order chi connectivity index (χ0) is 13.5. The minimum absolute atomic E-state index is 0.0135. The van der Waals surface area contributed by atoms with Crippen LogP contribution < -0.4 is 0 Å². The lowest BCUT2D eigenvalue weighted by Gasteiger charge is -2.06. The van der Waals surface area contributed by atoms with E-state index in [-0.39, 0.29) is 16.6 Å². The van der Waals surface area contributed by atoms with Crippen molar-refractivity contribution in [1.29, 1.82) is 0 Å². The molecule has 0 bridgehead atoms. The molecule has 0 radical (unpaired) electrons. The van der Waals surface area contributed by atoms with Gasteiger partial charge in [0.2, 0.25) is 0 Å². The first-order valence-corrected chi connectivity index (χ1v) is 6.93. The Kier molecular flexibility index (Phi) is 6.34. The summed E-state index contributed by atoms with van der Waals surface area (Å²) in [5.41, 5.74) is 0.916. The zero-order valence-corrected chi connectivity index (χ0v) is 11.8. The minimum atomic E-state index is -0.362. The van der Waals surface area contributed by atoms with Gasteiger partial charge in [-0.2, -0.15) is 0 Å². The SMILES string of the molecule is CCCCCCCC(=O)c1cc(C)c(F)cc1Cl. The Morgan fingerprint density at radius 2 is 1.89 bits per heavy atom. The fourth-order valence-electron chi connectivity index (χ4n) is 1.89. The number of aryl methyl sites for hydroxylation is 1. The molecule has 1 aromatic carbocycles. The fourth-order valence-corrected chi connectivity index (χ4v) is 2.15. The molecule has 0 unspecified atom stereocenters. The summed E-state index contributed by atoms with van der Waals surface area (Å²) in [7, 11) is 0. The maximum Gasteiger partial charge on any atom is 0.164 e. The van der Waals surface area contributed by atoms with Crippen LogP contribution in [-0.2, 0) is 0 Å². The van der Waals surface area contributed by atoms with E-state index in [0.717, 1.165) is 12.8 Å². The maximum absolute atomic E-state index is 13.2. The first-order valence-electron chi connectivity index (χ1n) is 6.55. The summed E-state index contributed by atoms with van der Waals surface area (Å²) in [6.45, 7) is 3.80. The van der Waals surface area contributed by atoms with Gasteiger partial charge in [-0.05, 0) is 31.0 Å². The Bertz CT molecular complexity index is 415. The fraction of sp³-hybridized carbons (Fsp3) is 0.533. The van der Waals surface area contributed by atoms with E-state index >= 15 is 0 Å². The summed E-state index contributed by atoms with van der Waals surface area (Å²) in [6, 6.07) is 2.77. The predicted octanol–water partition coefficient (Wildman–Crippen LogP) is 5.33. The van der Waals surface area contributed by atoms with Crippen LogP contribution in [0.4, 0.5) is 4.39 Å². The van der Waals surface area contributed by atoms with Gasteiger partial charge in [-0.3, -0.25) is 4.79 Å². The molecule has 0 fully saturated rings. The molecule has 0 amide bonds. The second-order valence-corrected chi connectivity index (χ2v) is 5.08. The second-order valence-electron chi connectivity index (χ2n) is 4.67. The van der Waals surface area contributed by atoms with Crippen LogP contribution in [0, 0.1) is 12.7 Å². The smallest absolute Gasteiger partial charge is 0.164 e. The molecular weight excluding hydrogens is 251 g/mol. The topological polar surface area (TPSA) is 17.1 Å². The average molecular weight is 271 g/mol. The summed E-state index contributed by atoms with van der Waals surface area (Å²) in [6.07, 6.45) is 6.01. The van der Waals surface area contributed by atoms with Crippen LogP contribution in [0.25, 0.3) is 0 Å². The Balaban J connectivity index is 2.54. The van der Waals surface area contributed by atoms with Crippen LogP contribution in [-0.4, -0.2) is 5.78 Å². The molecule has 0 aromatic heterocycles. The first kappa shape index (κ1) is 15.2. The largest absolute Gasteiger partial charge is 0.294 e. The van der Waals surface area contributed by atoms with Crippen molar-refractivity contribution in [3.8, 4) is 0 Å². The van der Waals surface area contributed by atoms with Gasteiger partial charge in [0.1, 0.15) is 5.82 Å². The number of unbranched alkanes of at least 4 members (excludes halogenated alkanes) is 4. The third-order valence-corrected chi connectivity index (χ3v) is 3.37. The molecule has 0 saturated heterocycles. The van der Waals surface area contributed by atoms with Gasteiger partial charge in [0.05, 0.1) is 5.02 Å². The van der Waals surface area contributed by atoms with Crippen LogP contribution in [0.2, 0.25) is 5.02 Å². The van der Waals surface area contributed by atoms with Crippen molar-refractivity contribution in [2.75, 3.05) is 0 Å². The average Bonchev–Trinajstić information content (AvgIpc) is 2.33. The number of benzene rings is 1. The van der Waals surface area contributed by atoms with E-state index < -0.39 is 0 Å². The molecular formula is C15H20ClFO. The summed E-state index contributed by atoms with van der Waals surface area (Å²) < 4.78 is 13.2. The zero-order valence-electron chi connectivity index (χ0n) is 11.1. The van der Waals surface area contributed by atoms with Crippen molar-refractivity contribution in [3.05, 3.63) is 34.1 Å². The molecule has 0 aliphatic carbocycles. The Labute approximate surface area is 113 Å². The molecule has 1 rings (SSSR count). The summed E-state index contributed by atoms with van der Waals surface area (Å²) in [4.78, 5) is 12.0. The highest BCUT2D eigenvalue weighted by atomic mass is 35.5. The highest BCUT2D eigenvalue weighted by Gasteiger charge is 2.12. The number of hydrogen-bond acceptors (Lipinski definition) is 1. The van der Waals surface area contributed by atoms with Gasteiger partial charge in [0.15, 0.2) is 5.78 Å². The third-order valence-electron chi connectivity index (χ3n) is 3.06. The van der Waals surface area contributed by atoms with Crippen molar-refractivity contribution in [2.24, 2.45) is 0 Å². The molecule has 0 N–H and O–H groups in total. The molecule has 0 aliphatic rings. The number of carbonyl (C=O) groups excluding carboxylic acids is 1. The van der Waals surface area contributed by atoms with E-state index in [1.807, 2.05) is 0 Å². The van der Waals surface area contributed by atoms with Crippen LogP contribution in [0.5, 0.6) is 0 Å². The molecule has 1 nitrogen and oxygen atoms in total. The van der Waals surface area contributed by atoms with E-state index in [9.17, 15) is 9.18 Å². The van der Waals surface area contributed by atoms with Gasteiger partial charge < -0.3 is 0 Å². The normalized spacial score (nSPS) is 10.7. The number of ketones is 1. The molecule has 1 aromatic rings. The summed E-state index contributed by atoms with van der Waals surface area (Å²) >= 11 is 5.90. The Morgan fingerprint density at radius 3 is 2.56 bits per heavy atom. The van der Waals surface area contributed by atoms with Crippen molar-refractivity contribution in [2.45, 2.75) is 52.4 Å². The lowest BCUT2D eigenvalue weighted by atomic mass is 10.0. The van der Waals surface area contributed by atoms with Crippen LogP contribution in [0.15, 0.2) is 12.1 Å². The van der Waals surface area contributed by atoms with Gasteiger partial charge in [0, 0.05) is 12.0 Å². The number of carbonyl (C=O) groups is 1. The Hall–Kier alpha value is -0.890. The van der Waals surface area contributed by atoms with Gasteiger partial charge >= 0.3 is 0 Å². The number of halogens is 2. The molecule has 18 heavy (non-hydrogen) atoms. The molecule has 0 heterocycles. The monoisotopic (exact) mass is 270 g/mol. The molecule has 0 aliphatic heterocycles. The standard InChI is InChI=1S/C15H20ClFO/c1-3-4-5-6-7-8-15(18)12-9-11(2)14(17)10-13(12)16/h9-10H,3-8H2,1-2H3. The van der Waals surface area contributed by atoms with Crippen molar-refractivity contribution in [1.82, 2.24) is 0 Å². The van der Waals surface area contributed by atoms with E-state index in [2.05, 4.69) is 6.92 Å². The number of hydrogen-bond donors (Lipinski definition) is 0. The molecule has 0 atom stereocenters. The van der Waals surface area contributed by atoms with Gasteiger partial charge in [0.25, 0.3) is 0 Å². The molecule has 0 saturated carbocycles. The third kappa shape index (κ3) is 4.41. The van der Waals surface area contributed by atoms with E-state index in [4.69, 9.17) is 11.6 Å². The predicted molar refractivity (Wildman–Crippen MR) is 73.9 cm³/mol. The van der Waals surface area contributed by atoms with Crippen molar-refractivity contribution >= 4 is 17.4 Å². The van der Waals surface area contributed by atoms with Crippen LogP contribution in [0.3, 0.4) is 0 Å². The van der Waals surface area contributed by atoms with Crippen molar-refractivity contribution < 1.29 is 9.18 Å². The lowest BCUT2D eigenvalue weighted by molar-refractivity contribution is 0.0979. The quantitative estimate of drug-likeness (QED) is 0.483. The lowest BCUT2D eigenvalue weighted by Crippen LogP contribution is -2.01. The van der Waals surface area contributed by atoms with Gasteiger partial charge in [-0.1, -0.05) is 44.2 Å².